The maximum Gasteiger partial charge on any atom is 0.227 e. The molecule has 0 saturated heterocycles. The van der Waals surface area contributed by atoms with Gasteiger partial charge in [-0.25, -0.2) is 10.8 Å². The van der Waals surface area contributed by atoms with Crippen molar-refractivity contribution in [3.63, 3.8) is 0 Å². The van der Waals surface area contributed by atoms with Crippen molar-refractivity contribution in [1.82, 2.24) is 19.7 Å². The fourth-order valence-corrected chi connectivity index (χ4v) is 1.70. The average molecular weight is 262 g/mol. The van der Waals surface area contributed by atoms with E-state index in [1.54, 1.807) is 13.1 Å². The summed E-state index contributed by atoms with van der Waals surface area (Å²) in [5, 5.41) is 4.20. The number of hydrogen-bond acceptors (Lipinski definition) is 6. The van der Waals surface area contributed by atoms with Crippen LogP contribution in [0.3, 0.4) is 0 Å². The van der Waals surface area contributed by atoms with Crippen LogP contribution in [0.5, 0.6) is 11.6 Å². The number of rotatable bonds is 5. The lowest BCUT2D eigenvalue weighted by Gasteiger charge is -2.10. The fourth-order valence-electron chi connectivity index (χ4n) is 1.70. The molecule has 3 N–H and O–H groups in total. The van der Waals surface area contributed by atoms with Gasteiger partial charge in [0.15, 0.2) is 5.75 Å². The van der Waals surface area contributed by atoms with Gasteiger partial charge in [-0.2, -0.15) is 10.1 Å². The van der Waals surface area contributed by atoms with Gasteiger partial charge in [0, 0.05) is 6.54 Å². The van der Waals surface area contributed by atoms with E-state index < -0.39 is 0 Å². The second kappa shape index (κ2) is 5.66. The van der Waals surface area contributed by atoms with E-state index in [1.807, 2.05) is 17.8 Å². The van der Waals surface area contributed by atoms with Crippen molar-refractivity contribution < 1.29 is 4.74 Å². The number of aromatic nitrogens is 4. The molecule has 0 aromatic carbocycles. The number of aryl methyl sites for hydroxylation is 2. The molecule has 7 heteroatoms. The number of nitrogen functional groups attached to an aromatic ring is 1. The highest BCUT2D eigenvalue weighted by molar-refractivity contribution is 5.48. The molecular formula is C12H18N6O. The van der Waals surface area contributed by atoms with Gasteiger partial charge in [0.25, 0.3) is 0 Å². The lowest BCUT2D eigenvalue weighted by molar-refractivity contribution is 0.454. The number of nitrogens with two attached hydrogens (primary N) is 1. The summed E-state index contributed by atoms with van der Waals surface area (Å²) in [4.78, 5) is 8.45. The third-order valence-corrected chi connectivity index (χ3v) is 2.63. The first-order valence-electron chi connectivity index (χ1n) is 6.16. The Morgan fingerprint density at radius 2 is 2.16 bits per heavy atom. The molecular weight excluding hydrogens is 244 g/mol. The Labute approximate surface area is 111 Å². The van der Waals surface area contributed by atoms with Gasteiger partial charge in [-0.15, -0.1) is 0 Å². The second-order valence-corrected chi connectivity index (χ2v) is 4.24. The Bertz CT molecular complexity index is 565. The van der Waals surface area contributed by atoms with Crippen molar-refractivity contribution in [1.29, 1.82) is 0 Å². The van der Waals surface area contributed by atoms with Crippen LogP contribution in [0.15, 0.2) is 12.4 Å². The number of ether oxygens (including phenoxy) is 1. The quantitative estimate of drug-likeness (QED) is 0.630. The van der Waals surface area contributed by atoms with Crippen LogP contribution < -0.4 is 16.0 Å². The molecule has 7 nitrogen and oxygen atoms in total. The Hall–Kier alpha value is -2.15. The van der Waals surface area contributed by atoms with Crippen LogP contribution in [-0.4, -0.2) is 19.7 Å². The van der Waals surface area contributed by atoms with Crippen LogP contribution in [-0.2, 0) is 6.54 Å². The maximum atomic E-state index is 5.73. The Balaban J connectivity index is 2.24. The smallest absolute Gasteiger partial charge is 0.227 e. The summed E-state index contributed by atoms with van der Waals surface area (Å²) in [6, 6.07) is 0. The second-order valence-electron chi connectivity index (χ2n) is 4.24. The minimum Gasteiger partial charge on any atom is -0.435 e. The van der Waals surface area contributed by atoms with Gasteiger partial charge in [0.2, 0.25) is 5.88 Å². The molecule has 0 aliphatic heterocycles. The van der Waals surface area contributed by atoms with E-state index >= 15 is 0 Å². The van der Waals surface area contributed by atoms with E-state index in [4.69, 9.17) is 10.6 Å². The zero-order valence-electron chi connectivity index (χ0n) is 11.3. The third-order valence-electron chi connectivity index (χ3n) is 2.63. The van der Waals surface area contributed by atoms with E-state index in [2.05, 4.69) is 27.4 Å². The number of hydrazine groups is 1. The van der Waals surface area contributed by atoms with E-state index in [0.29, 0.717) is 23.3 Å². The first kappa shape index (κ1) is 13.3. The molecule has 0 aliphatic rings. The molecule has 2 rings (SSSR count). The van der Waals surface area contributed by atoms with Crippen molar-refractivity contribution in [3.05, 3.63) is 23.8 Å². The van der Waals surface area contributed by atoms with Crippen molar-refractivity contribution in [3.8, 4) is 11.6 Å². The van der Waals surface area contributed by atoms with Crippen LogP contribution in [0.4, 0.5) is 5.82 Å². The van der Waals surface area contributed by atoms with Crippen molar-refractivity contribution in [2.75, 3.05) is 5.43 Å². The van der Waals surface area contributed by atoms with Crippen LogP contribution in [0.2, 0.25) is 0 Å². The summed E-state index contributed by atoms with van der Waals surface area (Å²) in [6.45, 7) is 6.59. The molecule has 0 fully saturated rings. The monoisotopic (exact) mass is 262 g/mol. The lowest BCUT2D eigenvalue weighted by Crippen LogP contribution is -2.12. The zero-order valence-corrected chi connectivity index (χ0v) is 11.3. The van der Waals surface area contributed by atoms with Gasteiger partial charge in [-0.1, -0.05) is 6.92 Å². The van der Waals surface area contributed by atoms with Crippen LogP contribution in [0.25, 0.3) is 0 Å². The highest BCUT2D eigenvalue weighted by atomic mass is 16.5. The van der Waals surface area contributed by atoms with E-state index in [0.717, 1.165) is 18.5 Å². The number of nitrogens with one attached hydrogen (secondary N) is 1. The SMILES string of the molecule is CCCn1cc(Oc2nc(C)nc(NN)c2C)cn1. The summed E-state index contributed by atoms with van der Waals surface area (Å²) in [7, 11) is 0. The van der Waals surface area contributed by atoms with Crippen LogP contribution in [0, 0.1) is 13.8 Å². The van der Waals surface area contributed by atoms with Gasteiger partial charge in [-0.05, 0) is 20.3 Å². The van der Waals surface area contributed by atoms with Crippen LogP contribution in [0.1, 0.15) is 24.7 Å². The van der Waals surface area contributed by atoms with Crippen molar-refractivity contribution in [2.45, 2.75) is 33.7 Å². The molecule has 19 heavy (non-hydrogen) atoms. The molecule has 0 aliphatic carbocycles. The molecule has 0 unspecified atom stereocenters. The Morgan fingerprint density at radius 1 is 1.37 bits per heavy atom. The molecule has 0 spiro atoms. The summed E-state index contributed by atoms with van der Waals surface area (Å²) >= 11 is 0. The molecule has 2 aromatic heterocycles. The topological polar surface area (TPSA) is 90.9 Å². The number of anilines is 1. The highest BCUT2D eigenvalue weighted by Gasteiger charge is 2.11. The van der Waals surface area contributed by atoms with E-state index in [-0.39, 0.29) is 0 Å². The first-order valence-corrected chi connectivity index (χ1v) is 6.16. The molecule has 102 valence electrons. The summed E-state index contributed by atoms with van der Waals surface area (Å²) in [5.74, 6) is 7.70. The van der Waals surface area contributed by atoms with Crippen molar-refractivity contribution in [2.24, 2.45) is 5.84 Å². The largest absolute Gasteiger partial charge is 0.435 e. The number of hydrogen-bond donors (Lipinski definition) is 2. The zero-order chi connectivity index (χ0) is 13.8. The average Bonchev–Trinajstić information content (AvgIpc) is 2.81. The minimum absolute atomic E-state index is 0.483. The summed E-state index contributed by atoms with van der Waals surface area (Å²) < 4.78 is 7.56. The minimum atomic E-state index is 0.483. The van der Waals surface area contributed by atoms with Crippen molar-refractivity contribution >= 4 is 5.82 Å². The lowest BCUT2D eigenvalue weighted by atomic mass is 10.3. The molecule has 2 heterocycles. The normalized spacial score (nSPS) is 10.5. The highest BCUT2D eigenvalue weighted by Crippen LogP contribution is 2.26. The third kappa shape index (κ3) is 3.00. The summed E-state index contributed by atoms with van der Waals surface area (Å²) in [6.07, 6.45) is 4.53. The standard InChI is InChI=1S/C12H18N6O/c1-4-5-18-7-10(6-14-18)19-12-8(2)11(17-13)15-9(3)16-12/h6-7H,4-5,13H2,1-3H3,(H,15,16,17). The summed E-state index contributed by atoms with van der Waals surface area (Å²) in [5.41, 5.74) is 3.30. The predicted octanol–water partition coefficient (Wildman–Crippen LogP) is 1.78. The maximum absolute atomic E-state index is 5.73. The fraction of sp³-hybridized carbons (Fsp3) is 0.417. The molecule has 0 bridgehead atoms. The van der Waals surface area contributed by atoms with Gasteiger partial charge in [0.05, 0.1) is 18.0 Å². The van der Waals surface area contributed by atoms with E-state index in [9.17, 15) is 0 Å². The molecule has 0 atom stereocenters. The molecule has 0 saturated carbocycles. The van der Waals surface area contributed by atoms with E-state index in [1.165, 1.54) is 0 Å². The van der Waals surface area contributed by atoms with Crippen LogP contribution >= 0.6 is 0 Å². The Kier molecular flexibility index (Phi) is 3.96. The van der Waals surface area contributed by atoms with Gasteiger partial charge in [-0.3, -0.25) is 4.68 Å². The Morgan fingerprint density at radius 3 is 2.84 bits per heavy atom. The van der Waals surface area contributed by atoms with Gasteiger partial charge in [0.1, 0.15) is 11.6 Å². The molecule has 2 aromatic rings. The molecule has 0 radical (unpaired) electrons. The molecule has 0 amide bonds. The predicted molar refractivity (Wildman–Crippen MR) is 71.9 cm³/mol. The number of nitrogens with zero attached hydrogens (tertiary/aromatic N) is 4. The van der Waals surface area contributed by atoms with Gasteiger partial charge >= 0.3 is 0 Å². The first-order chi connectivity index (χ1) is 9.13. The van der Waals surface area contributed by atoms with Gasteiger partial charge < -0.3 is 10.2 Å².